The number of aromatic nitrogens is 4. The Balaban J connectivity index is 1.31. The SMILES string of the molecule is CCCCOc1ccc(C(=O)N2CCN(c3ccc(-n4ccnc4)nn3)CC2)cc1. The van der Waals surface area contributed by atoms with E-state index in [1.807, 2.05) is 52.1 Å². The summed E-state index contributed by atoms with van der Waals surface area (Å²) in [5.74, 6) is 2.41. The van der Waals surface area contributed by atoms with Gasteiger partial charge in [-0.25, -0.2) is 4.98 Å². The molecular weight excluding hydrogens is 380 g/mol. The summed E-state index contributed by atoms with van der Waals surface area (Å²) in [4.78, 5) is 20.9. The van der Waals surface area contributed by atoms with Crippen LogP contribution in [0.3, 0.4) is 0 Å². The number of hydrogen-bond donors (Lipinski definition) is 0. The number of nitrogens with zero attached hydrogens (tertiary/aromatic N) is 6. The zero-order valence-electron chi connectivity index (χ0n) is 17.1. The van der Waals surface area contributed by atoms with Crippen LogP contribution in [0.2, 0.25) is 0 Å². The highest BCUT2D eigenvalue weighted by Crippen LogP contribution is 2.18. The lowest BCUT2D eigenvalue weighted by Gasteiger charge is -2.35. The molecule has 0 spiro atoms. The molecule has 1 aliphatic rings. The van der Waals surface area contributed by atoms with Crippen LogP contribution in [0.4, 0.5) is 5.82 Å². The van der Waals surface area contributed by atoms with Crippen LogP contribution in [0.25, 0.3) is 5.82 Å². The third-order valence-corrected chi connectivity index (χ3v) is 5.16. The number of carbonyl (C=O) groups is 1. The van der Waals surface area contributed by atoms with Crippen molar-refractivity contribution in [2.45, 2.75) is 19.8 Å². The first-order valence-electron chi connectivity index (χ1n) is 10.3. The number of rotatable bonds is 7. The Morgan fingerprint density at radius 3 is 2.37 bits per heavy atom. The molecule has 0 radical (unpaired) electrons. The van der Waals surface area contributed by atoms with Crippen LogP contribution in [-0.2, 0) is 0 Å². The van der Waals surface area contributed by atoms with E-state index in [2.05, 4.69) is 27.0 Å². The lowest BCUT2D eigenvalue weighted by atomic mass is 10.1. The quantitative estimate of drug-likeness (QED) is 0.562. The van der Waals surface area contributed by atoms with E-state index in [0.29, 0.717) is 25.3 Å². The van der Waals surface area contributed by atoms with Crippen molar-refractivity contribution in [3.8, 4) is 11.6 Å². The smallest absolute Gasteiger partial charge is 0.253 e. The van der Waals surface area contributed by atoms with Crippen molar-refractivity contribution in [2.75, 3.05) is 37.7 Å². The summed E-state index contributed by atoms with van der Waals surface area (Å²) in [5.41, 5.74) is 0.691. The summed E-state index contributed by atoms with van der Waals surface area (Å²) >= 11 is 0. The molecule has 3 heterocycles. The molecular formula is C22H26N6O2. The van der Waals surface area contributed by atoms with Crippen LogP contribution < -0.4 is 9.64 Å². The predicted molar refractivity (Wildman–Crippen MR) is 114 cm³/mol. The highest BCUT2D eigenvalue weighted by atomic mass is 16.5. The van der Waals surface area contributed by atoms with E-state index >= 15 is 0 Å². The first-order valence-corrected chi connectivity index (χ1v) is 10.3. The van der Waals surface area contributed by atoms with Gasteiger partial charge in [-0.1, -0.05) is 13.3 Å². The molecule has 8 nitrogen and oxygen atoms in total. The molecule has 0 N–H and O–H groups in total. The van der Waals surface area contributed by atoms with Gasteiger partial charge in [-0.2, -0.15) is 0 Å². The monoisotopic (exact) mass is 406 g/mol. The minimum atomic E-state index is 0.0521. The van der Waals surface area contributed by atoms with E-state index in [1.165, 1.54) is 0 Å². The van der Waals surface area contributed by atoms with Crippen LogP contribution in [0.1, 0.15) is 30.1 Å². The Bertz CT molecular complexity index is 933. The number of hydrogen-bond acceptors (Lipinski definition) is 6. The van der Waals surface area contributed by atoms with Gasteiger partial charge in [0.15, 0.2) is 11.6 Å². The first kappa shape index (κ1) is 19.9. The van der Waals surface area contributed by atoms with Crippen molar-refractivity contribution < 1.29 is 9.53 Å². The molecule has 4 rings (SSSR count). The molecule has 2 aromatic heterocycles. The molecule has 0 aliphatic carbocycles. The van der Waals surface area contributed by atoms with Gasteiger partial charge in [-0.3, -0.25) is 9.36 Å². The number of unbranched alkanes of at least 4 members (excludes halogenated alkanes) is 1. The maximum absolute atomic E-state index is 12.8. The first-order chi connectivity index (χ1) is 14.7. The Labute approximate surface area is 176 Å². The van der Waals surface area contributed by atoms with E-state index < -0.39 is 0 Å². The minimum Gasteiger partial charge on any atom is -0.494 e. The normalized spacial score (nSPS) is 14.0. The van der Waals surface area contributed by atoms with Crippen molar-refractivity contribution in [1.82, 2.24) is 24.6 Å². The van der Waals surface area contributed by atoms with E-state index in [9.17, 15) is 4.79 Å². The number of carbonyl (C=O) groups excluding carboxylic acids is 1. The van der Waals surface area contributed by atoms with Crippen molar-refractivity contribution in [1.29, 1.82) is 0 Å². The highest BCUT2D eigenvalue weighted by Gasteiger charge is 2.23. The van der Waals surface area contributed by atoms with Crippen molar-refractivity contribution in [3.05, 3.63) is 60.7 Å². The second-order valence-corrected chi connectivity index (χ2v) is 7.23. The highest BCUT2D eigenvalue weighted by molar-refractivity contribution is 5.94. The maximum Gasteiger partial charge on any atom is 0.253 e. The summed E-state index contributed by atoms with van der Waals surface area (Å²) < 4.78 is 7.49. The largest absolute Gasteiger partial charge is 0.494 e. The average Bonchev–Trinajstić information content (AvgIpc) is 3.35. The maximum atomic E-state index is 12.8. The van der Waals surface area contributed by atoms with Gasteiger partial charge in [-0.15, -0.1) is 10.2 Å². The standard InChI is InChI=1S/C22H26N6O2/c1-2-3-16-30-19-6-4-18(5-7-19)22(29)27-14-12-26(13-15-27)20-8-9-21(25-24-20)28-11-10-23-17-28/h4-11,17H,2-3,12-16H2,1H3. The molecule has 156 valence electrons. The number of anilines is 1. The zero-order valence-corrected chi connectivity index (χ0v) is 17.1. The van der Waals surface area contributed by atoms with Crippen LogP contribution in [0, 0.1) is 0 Å². The second-order valence-electron chi connectivity index (χ2n) is 7.23. The number of imidazole rings is 1. The van der Waals surface area contributed by atoms with E-state index in [4.69, 9.17) is 4.74 Å². The average molecular weight is 406 g/mol. The molecule has 30 heavy (non-hydrogen) atoms. The lowest BCUT2D eigenvalue weighted by Crippen LogP contribution is -2.49. The summed E-state index contributed by atoms with van der Waals surface area (Å²) in [6.07, 6.45) is 7.36. The van der Waals surface area contributed by atoms with Crippen LogP contribution in [-0.4, -0.2) is 63.3 Å². The molecule has 3 aromatic rings. The predicted octanol–water partition coefficient (Wildman–Crippen LogP) is 2.80. The Morgan fingerprint density at radius 1 is 1.00 bits per heavy atom. The lowest BCUT2D eigenvalue weighted by molar-refractivity contribution is 0.0746. The summed E-state index contributed by atoms with van der Waals surface area (Å²) in [6.45, 7) is 5.59. The summed E-state index contributed by atoms with van der Waals surface area (Å²) in [7, 11) is 0. The molecule has 1 amide bonds. The summed E-state index contributed by atoms with van der Waals surface area (Å²) in [5, 5.41) is 8.61. The van der Waals surface area contributed by atoms with Gasteiger partial charge in [0, 0.05) is 44.1 Å². The summed E-state index contributed by atoms with van der Waals surface area (Å²) in [6, 6.07) is 11.3. The van der Waals surface area contributed by atoms with Crippen molar-refractivity contribution >= 4 is 11.7 Å². The molecule has 0 bridgehead atoms. The fourth-order valence-corrected chi connectivity index (χ4v) is 3.37. The van der Waals surface area contributed by atoms with Gasteiger partial charge >= 0.3 is 0 Å². The van der Waals surface area contributed by atoms with Crippen molar-refractivity contribution in [2.24, 2.45) is 0 Å². The molecule has 0 saturated carbocycles. The molecule has 1 fully saturated rings. The van der Waals surface area contributed by atoms with Gasteiger partial charge < -0.3 is 14.5 Å². The van der Waals surface area contributed by atoms with Crippen molar-refractivity contribution in [3.63, 3.8) is 0 Å². The van der Waals surface area contributed by atoms with Crippen LogP contribution in [0.15, 0.2) is 55.1 Å². The van der Waals surface area contributed by atoms with Gasteiger partial charge in [0.05, 0.1) is 6.61 Å². The van der Waals surface area contributed by atoms with E-state index in [0.717, 1.165) is 43.3 Å². The Morgan fingerprint density at radius 2 is 1.73 bits per heavy atom. The molecule has 0 atom stereocenters. The molecule has 0 unspecified atom stereocenters. The van der Waals surface area contributed by atoms with Crippen LogP contribution in [0.5, 0.6) is 5.75 Å². The zero-order chi connectivity index (χ0) is 20.8. The van der Waals surface area contributed by atoms with Gasteiger partial charge in [0.25, 0.3) is 5.91 Å². The number of ether oxygens (including phenoxy) is 1. The molecule has 1 aromatic carbocycles. The molecule has 8 heteroatoms. The third kappa shape index (κ3) is 4.59. The molecule has 1 aliphatic heterocycles. The Kier molecular flexibility index (Phi) is 6.22. The minimum absolute atomic E-state index is 0.0521. The fourth-order valence-electron chi connectivity index (χ4n) is 3.37. The number of benzene rings is 1. The number of amides is 1. The van der Waals surface area contributed by atoms with Gasteiger partial charge in [0.2, 0.25) is 0 Å². The van der Waals surface area contributed by atoms with E-state index in [-0.39, 0.29) is 5.91 Å². The third-order valence-electron chi connectivity index (χ3n) is 5.16. The van der Waals surface area contributed by atoms with E-state index in [1.54, 1.807) is 12.5 Å². The van der Waals surface area contributed by atoms with Gasteiger partial charge in [0.1, 0.15) is 12.1 Å². The topological polar surface area (TPSA) is 76.4 Å². The Hall–Kier alpha value is -3.42. The van der Waals surface area contributed by atoms with Crippen LogP contribution >= 0.6 is 0 Å². The fraction of sp³-hybridized carbons (Fsp3) is 0.364. The van der Waals surface area contributed by atoms with Gasteiger partial charge in [-0.05, 0) is 42.8 Å². The second kappa shape index (κ2) is 9.39. The number of piperazine rings is 1. The molecule has 1 saturated heterocycles.